The van der Waals surface area contributed by atoms with E-state index in [0.717, 1.165) is 57.8 Å². The molecule has 0 aromatic rings. The Hall–Kier alpha value is -1.45. The number of hydrogen-bond donors (Lipinski definition) is 0. The molecule has 0 aromatic heterocycles. The van der Waals surface area contributed by atoms with E-state index >= 15 is 0 Å². The van der Waals surface area contributed by atoms with Gasteiger partial charge in [0, 0.05) is 18.3 Å². The summed E-state index contributed by atoms with van der Waals surface area (Å²) in [6.45, 7) is 5.99. The lowest BCUT2D eigenvalue weighted by Gasteiger charge is -2.55. The highest BCUT2D eigenvalue weighted by atomic mass is 16.6. The normalized spacial score (nSPS) is 40.1. The Balaban J connectivity index is 1.56. The molecule has 0 aliphatic heterocycles. The molecule has 0 heterocycles. The van der Waals surface area contributed by atoms with E-state index in [1.165, 1.54) is 5.57 Å². The van der Waals surface area contributed by atoms with Crippen molar-refractivity contribution in [2.24, 2.45) is 29.1 Å². The molecule has 6 atom stereocenters. The van der Waals surface area contributed by atoms with Crippen LogP contribution in [0.1, 0.15) is 97.8 Å². The Morgan fingerprint density at radius 3 is 2.60 bits per heavy atom. The molecule has 4 rings (SSSR count). The fraction of sp³-hybridized carbons (Fsp3) is 0.808. The fourth-order valence-electron chi connectivity index (χ4n) is 7.76. The first-order chi connectivity index (χ1) is 14.3. The maximum Gasteiger partial charge on any atom is 0.306 e. The van der Waals surface area contributed by atoms with Crippen molar-refractivity contribution >= 4 is 17.5 Å². The van der Waals surface area contributed by atoms with Crippen LogP contribution in [0.4, 0.5) is 0 Å². The summed E-state index contributed by atoms with van der Waals surface area (Å²) in [6.07, 6.45) is 12.8. The minimum Gasteiger partial charge on any atom is -0.450 e. The molecule has 166 valence electrons. The Kier molecular flexibility index (Phi) is 5.98. The highest BCUT2D eigenvalue weighted by molar-refractivity contribution is 5.91. The highest BCUT2D eigenvalue weighted by Gasteiger charge is 2.66. The van der Waals surface area contributed by atoms with Gasteiger partial charge >= 0.3 is 5.97 Å². The van der Waals surface area contributed by atoms with E-state index in [-0.39, 0.29) is 17.2 Å². The molecule has 0 radical (unpaired) electrons. The van der Waals surface area contributed by atoms with Crippen LogP contribution in [-0.4, -0.2) is 23.1 Å². The van der Waals surface area contributed by atoms with Crippen LogP contribution >= 0.6 is 0 Å². The number of hydrogen-bond acceptors (Lipinski definition) is 4. The topological polar surface area (TPSA) is 60.4 Å². The van der Waals surface area contributed by atoms with Crippen LogP contribution < -0.4 is 0 Å². The number of unbranched alkanes of at least 4 members (excludes halogenated alkanes) is 2. The third-order valence-corrected chi connectivity index (χ3v) is 9.26. The predicted octanol–water partition coefficient (Wildman–Crippen LogP) is 5.58. The number of fused-ring (bicyclic) bond motifs is 5. The number of Topliss-reactive ketones (excluding diaryl/α,β-unsaturated/α-hetero) is 1. The zero-order valence-corrected chi connectivity index (χ0v) is 19.0. The number of carbonyl (C=O) groups is 3. The Morgan fingerprint density at radius 1 is 1.07 bits per heavy atom. The SMILES string of the molecule is CCCCCC(=O)O[C@]1(C(C)=O)CC[C@H]2[C@@H]3CCC4=CC(=O)CC[C@@H]4[C@H]3CC[C@]21C. The molecule has 0 unspecified atom stereocenters. The van der Waals surface area contributed by atoms with Crippen molar-refractivity contribution in [2.45, 2.75) is 103 Å². The zero-order chi connectivity index (χ0) is 21.5. The van der Waals surface area contributed by atoms with E-state index in [2.05, 4.69) is 13.8 Å². The largest absolute Gasteiger partial charge is 0.450 e. The molecule has 0 bridgehead atoms. The van der Waals surface area contributed by atoms with Crippen molar-refractivity contribution in [3.05, 3.63) is 11.6 Å². The van der Waals surface area contributed by atoms with Crippen LogP contribution in [0.3, 0.4) is 0 Å². The van der Waals surface area contributed by atoms with Gasteiger partial charge in [0.25, 0.3) is 0 Å². The summed E-state index contributed by atoms with van der Waals surface area (Å²) >= 11 is 0. The van der Waals surface area contributed by atoms with Crippen LogP contribution in [0.5, 0.6) is 0 Å². The molecule has 0 saturated heterocycles. The molecule has 0 N–H and O–H groups in total. The maximum atomic E-state index is 13.0. The van der Waals surface area contributed by atoms with Crippen molar-refractivity contribution < 1.29 is 19.1 Å². The molecule has 3 fully saturated rings. The van der Waals surface area contributed by atoms with Crippen molar-refractivity contribution in [1.82, 2.24) is 0 Å². The zero-order valence-electron chi connectivity index (χ0n) is 19.0. The standard InChI is InChI=1S/C26H38O4/c1-4-5-6-7-24(29)30-26(17(2)27)15-13-23-22-10-8-18-16-19(28)9-11-20(18)21(22)12-14-25(23,26)3/h16,20-23H,4-15H2,1-3H3/t20-,21+,22+,23-,25+,26-/m0/s1. The Bertz CT molecular complexity index is 752. The number of ketones is 2. The summed E-state index contributed by atoms with van der Waals surface area (Å²) in [6, 6.07) is 0. The van der Waals surface area contributed by atoms with E-state index in [1.54, 1.807) is 6.92 Å². The van der Waals surface area contributed by atoms with Crippen LogP contribution in [0.25, 0.3) is 0 Å². The molecular formula is C26H38O4. The molecule has 3 saturated carbocycles. The summed E-state index contributed by atoms with van der Waals surface area (Å²) in [5.41, 5.74) is 0.186. The first-order valence-corrected chi connectivity index (χ1v) is 12.3. The first kappa shape index (κ1) is 21.8. The first-order valence-electron chi connectivity index (χ1n) is 12.3. The molecular weight excluding hydrogens is 376 g/mol. The minimum atomic E-state index is -0.940. The molecule has 0 aromatic carbocycles. The lowest BCUT2D eigenvalue weighted by Crippen LogP contribution is -2.57. The van der Waals surface area contributed by atoms with Gasteiger partial charge in [0.1, 0.15) is 0 Å². The van der Waals surface area contributed by atoms with Crippen molar-refractivity contribution in [2.75, 3.05) is 0 Å². The highest BCUT2D eigenvalue weighted by Crippen LogP contribution is 2.66. The van der Waals surface area contributed by atoms with E-state index in [1.807, 2.05) is 6.08 Å². The van der Waals surface area contributed by atoms with E-state index in [9.17, 15) is 14.4 Å². The molecule has 0 amide bonds. The van der Waals surface area contributed by atoms with Gasteiger partial charge in [-0.1, -0.05) is 32.3 Å². The van der Waals surface area contributed by atoms with Gasteiger partial charge in [0.2, 0.25) is 0 Å². The van der Waals surface area contributed by atoms with Crippen LogP contribution in [0.15, 0.2) is 11.6 Å². The number of allylic oxidation sites excluding steroid dienone is 1. The molecule has 0 spiro atoms. The molecule has 30 heavy (non-hydrogen) atoms. The maximum absolute atomic E-state index is 13.0. The minimum absolute atomic E-state index is 0.0365. The number of ether oxygens (including phenoxy) is 1. The summed E-state index contributed by atoms with van der Waals surface area (Å²) in [5, 5.41) is 0. The molecule has 4 heteroatoms. The van der Waals surface area contributed by atoms with Crippen LogP contribution in [-0.2, 0) is 19.1 Å². The summed E-state index contributed by atoms with van der Waals surface area (Å²) in [5.74, 6) is 2.33. The van der Waals surface area contributed by atoms with E-state index < -0.39 is 5.60 Å². The lowest BCUT2D eigenvalue weighted by atomic mass is 9.50. The van der Waals surface area contributed by atoms with Gasteiger partial charge in [-0.05, 0) is 88.0 Å². The second-order valence-corrected chi connectivity index (χ2v) is 10.6. The smallest absolute Gasteiger partial charge is 0.306 e. The average molecular weight is 415 g/mol. The van der Waals surface area contributed by atoms with Gasteiger partial charge in [-0.15, -0.1) is 0 Å². The van der Waals surface area contributed by atoms with Crippen LogP contribution in [0, 0.1) is 29.1 Å². The number of rotatable bonds is 6. The van der Waals surface area contributed by atoms with Crippen molar-refractivity contribution in [3.8, 4) is 0 Å². The predicted molar refractivity (Wildman–Crippen MR) is 116 cm³/mol. The number of carbonyl (C=O) groups excluding carboxylic acids is 3. The Morgan fingerprint density at radius 2 is 1.87 bits per heavy atom. The third-order valence-electron chi connectivity index (χ3n) is 9.26. The van der Waals surface area contributed by atoms with Crippen LogP contribution in [0.2, 0.25) is 0 Å². The van der Waals surface area contributed by atoms with Gasteiger partial charge in [0.05, 0.1) is 0 Å². The summed E-state index contributed by atoms with van der Waals surface area (Å²) in [7, 11) is 0. The van der Waals surface area contributed by atoms with Gasteiger partial charge in [-0.25, -0.2) is 0 Å². The van der Waals surface area contributed by atoms with Gasteiger partial charge < -0.3 is 4.74 Å². The summed E-state index contributed by atoms with van der Waals surface area (Å²) in [4.78, 5) is 37.6. The lowest BCUT2D eigenvalue weighted by molar-refractivity contribution is -0.187. The Labute approximate surface area is 181 Å². The van der Waals surface area contributed by atoms with E-state index in [4.69, 9.17) is 4.74 Å². The summed E-state index contributed by atoms with van der Waals surface area (Å²) < 4.78 is 6.14. The molecule has 4 aliphatic rings. The monoisotopic (exact) mass is 414 g/mol. The number of esters is 1. The van der Waals surface area contributed by atoms with Gasteiger partial charge in [0.15, 0.2) is 17.2 Å². The quantitative estimate of drug-likeness (QED) is 0.420. The van der Waals surface area contributed by atoms with Gasteiger partial charge in [-0.2, -0.15) is 0 Å². The van der Waals surface area contributed by atoms with Crippen molar-refractivity contribution in [3.63, 3.8) is 0 Å². The van der Waals surface area contributed by atoms with Crippen molar-refractivity contribution in [1.29, 1.82) is 0 Å². The van der Waals surface area contributed by atoms with Gasteiger partial charge in [-0.3, -0.25) is 14.4 Å². The average Bonchev–Trinajstić information content (AvgIpc) is 3.01. The molecule has 4 nitrogen and oxygen atoms in total. The fourth-order valence-corrected chi connectivity index (χ4v) is 7.76. The second-order valence-electron chi connectivity index (χ2n) is 10.6. The second kappa shape index (κ2) is 8.24. The third kappa shape index (κ3) is 3.39. The van der Waals surface area contributed by atoms with E-state index in [0.29, 0.717) is 48.7 Å². The molecule has 4 aliphatic carbocycles.